The van der Waals surface area contributed by atoms with E-state index in [1.54, 1.807) is 70.6 Å². The second-order valence-electron chi connectivity index (χ2n) is 7.28. The third kappa shape index (κ3) is 40.2. The van der Waals surface area contributed by atoms with Gasteiger partial charge in [-0.3, -0.25) is 9.98 Å². The molecule has 0 saturated carbocycles. The zero-order valence-corrected chi connectivity index (χ0v) is 31.4. The van der Waals surface area contributed by atoms with Gasteiger partial charge in [0.25, 0.3) is 0 Å². The van der Waals surface area contributed by atoms with Gasteiger partial charge in [0.2, 0.25) is 12.8 Å². The standard InChI is InChI=1S/C23H44N4O10S8/c28-15-44-17-33-23(31)27-4-10-40-19-38-7-1-24-13-35-34-6-12-43-21-41-9-3-26-22(30)32-5-11-42-20-39-8-2-25-14-36-37-18-45-16-29/h13-14,28-29H,1-12,15-21H2,(H,26,30)(H,27,31)/b24-13+,25-14+. The van der Waals surface area contributed by atoms with Crippen LogP contribution in [0, 0.1) is 0 Å². The first-order valence-corrected chi connectivity index (χ1v) is 22.6. The van der Waals surface area contributed by atoms with Gasteiger partial charge in [-0.25, -0.2) is 9.59 Å². The van der Waals surface area contributed by atoms with E-state index in [9.17, 15) is 9.59 Å². The Morgan fingerprint density at radius 3 is 1.67 bits per heavy atom. The number of nitrogens with one attached hydrogen (secondary N) is 2. The Kier molecular flexibility index (Phi) is 40.4. The second-order valence-corrected chi connectivity index (χ2v) is 16.8. The lowest BCUT2D eigenvalue weighted by atomic mass is 10.7. The van der Waals surface area contributed by atoms with Crippen LogP contribution in [0.5, 0.6) is 0 Å². The molecule has 0 heterocycles. The zero-order chi connectivity index (χ0) is 32.7. The first kappa shape index (κ1) is 45.1. The fourth-order valence-electron chi connectivity index (χ4n) is 2.11. The molecule has 2 amide bonds. The molecular formula is C23H44N4O10S8. The lowest BCUT2D eigenvalue weighted by molar-refractivity contribution is -0.210. The van der Waals surface area contributed by atoms with Gasteiger partial charge in [0, 0.05) is 62.9 Å². The molecule has 264 valence electrons. The summed E-state index contributed by atoms with van der Waals surface area (Å²) in [6.07, 6.45) is 1.70. The number of carbonyl (C=O) groups excluding carboxylic acids is 2. The molecule has 0 aliphatic heterocycles. The summed E-state index contributed by atoms with van der Waals surface area (Å²) < 4.78 is 10.00. The summed E-state index contributed by atoms with van der Waals surface area (Å²) in [6.45, 7) is 3.16. The minimum absolute atomic E-state index is 0.0153. The van der Waals surface area contributed by atoms with Crippen molar-refractivity contribution in [3.05, 3.63) is 0 Å². The van der Waals surface area contributed by atoms with Crippen LogP contribution in [-0.2, 0) is 29.0 Å². The van der Waals surface area contributed by atoms with Crippen molar-refractivity contribution in [1.82, 2.24) is 10.6 Å². The van der Waals surface area contributed by atoms with Gasteiger partial charge in [-0.05, 0) is 0 Å². The molecule has 0 saturated heterocycles. The number of amides is 2. The van der Waals surface area contributed by atoms with Crippen molar-refractivity contribution in [3.8, 4) is 0 Å². The van der Waals surface area contributed by atoms with Crippen molar-refractivity contribution >= 4 is 119 Å². The van der Waals surface area contributed by atoms with E-state index in [1.165, 1.54) is 24.6 Å². The van der Waals surface area contributed by atoms with E-state index in [-0.39, 0.29) is 23.8 Å². The molecule has 0 radical (unpaired) electrons. The number of aliphatic hydroxyl groups excluding tert-OH is 2. The first-order chi connectivity index (χ1) is 22.2. The van der Waals surface area contributed by atoms with Gasteiger partial charge in [-0.2, -0.15) is 9.78 Å². The number of ether oxygens (including phenoxy) is 2. The van der Waals surface area contributed by atoms with Crippen molar-refractivity contribution in [2.75, 3.05) is 113 Å². The summed E-state index contributed by atoms with van der Waals surface area (Å²) in [4.78, 5) is 50.6. The number of carbonyl (C=O) groups is 2. The molecular weight excluding hydrogens is 749 g/mol. The second kappa shape index (κ2) is 40.3. The number of hydrogen-bond acceptors (Lipinski definition) is 20. The van der Waals surface area contributed by atoms with Crippen LogP contribution in [0.15, 0.2) is 9.98 Å². The Morgan fingerprint density at radius 1 is 0.578 bits per heavy atom. The third-order valence-electron chi connectivity index (χ3n) is 3.99. The zero-order valence-electron chi connectivity index (χ0n) is 24.9. The van der Waals surface area contributed by atoms with Crippen LogP contribution in [0.1, 0.15) is 0 Å². The number of alkyl carbamates (subject to hydrolysis) is 2. The predicted octanol–water partition coefficient (Wildman–Crippen LogP) is 3.94. The molecule has 0 aliphatic carbocycles. The highest BCUT2D eigenvalue weighted by Crippen LogP contribution is 2.13. The fourth-order valence-corrected chi connectivity index (χ4v) is 8.16. The maximum Gasteiger partial charge on any atom is 0.408 e. The summed E-state index contributed by atoms with van der Waals surface area (Å²) in [5, 5.41) is 25.2. The maximum absolute atomic E-state index is 11.7. The van der Waals surface area contributed by atoms with Crippen molar-refractivity contribution in [2.45, 2.75) is 0 Å². The smallest absolute Gasteiger partial charge is 0.408 e. The van der Waals surface area contributed by atoms with Crippen LogP contribution >= 0.6 is 94.1 Å². The minimum atomic E-state index is -0.471. The fraction of sp³-hybridized carbons (Fsp3) is 0.826. The average molecular weight is 793 g/mol. The molecule has 0 atom stereocenters. The van der Waals surface area contributed by atoms with E-state index < -0.39 is 12.2 Å². The number of nitrogens with zero attached hydrogens (tertiary/aromatic N) is 2. The lowest BCUT2D eigenvalue weighted by Gasteiger charge is -2.07. The van der Waals surface area contributed by atoms with Gasteiger partial charge in [-0.15, -0.1) is 82.3 Å². The highest BCUT2D eigenvalue weighted by atomic mass is 32.2. The molecule has 0 bridgehead atoms. The van der Waals surface area contributed by atoms with E-state index in [0.717, 1.165) is 61.5 Å². The number of aliphatic hydroxyl groups is 2. The first-order valence-electron chi connectivity index (χ1n) is 13.4. The van der Waals surface area contributed by atoms with Crippen molar-refractivity contribution in [3.63, 3.8) is 0 Å². The van der Waals surface area contributed by atoms with Crippen LogP contribution in [0.3, 0.4) is 0 Å². The Hall–Kier alpha value is 0.120. The highest BCUT2D eigenvalue weighted by Gasteiger charge is 2.02. The largest absolute Gasteiger partial charge is 0.449 e. The number of rotatable bonds is 34. The van der Waals surface area contributed by atoms with Crippen molar-refractivity contribution in [1.29, 1.82) is 0 Å². The molecule has 22 heteroatoms. The molecule has 14 nitrogen and oxygen atoms in total. The Morgan fingerprint density at radius 2 is 1.07 bits per heavy atom. The normalized spacial score (nSPS) is 11.2. The number of thioether (sulfide) groups is 8. The van der Waals surface area contributed by atoms with Gasteiger partial charge in [0.05, 0.1) is 25.0 Å². The summed E-state index contributed by atoms with van der Waals surface area (Å²) in [5.74, 6) is 5.13. The quantitative estimate of drug-likeness (QED) is 0.0184. The number of hydrogen-bond donors (Lipinski definition) is 4. The van der Waals surface area contributed by atoms with E-state index in [2.05, 4.69) is 20.6 Å². The summed E-state index contributed by atoms with van der Waals surface area (Å²) in [6, 6.07) is 0. The van der Waals surface area contributed by atoms with Gasteiger partial charge >= 0.3 is 12.2 Å². The molecule has 0 spiro atoms. The van der Waals surface area contributed by atoms with Gasteiger partial charge in [0.15, 0.2) is 0 Å². The Balaban J connectivity index is 3.25. The van der Waals surface area contributed by atoms with Crippen LogP contribution < -0.4 is 10.6 Å². The molecule has 45 heavy (non-hydrogen) atoms. The molecule has 0 aliphatic rings. The van der Waals surface area contributed by atoms with Crippen LogP contribution in [0.2, 0.25) is 0 Å². The van der Waals surface area contributed by atoms with E-state index in [0.29, 0.717) is 39.4 Å². The average Bonchev–Trinajstić information content (AvgIpc) is 3.04. The van der Waals surface area contributed by atoms with E-state index in [4.69, 9.17) is 39.2 Å². The summed E-state index contributed by atoms with van der Waals surface area (Å²) >= 11 is 12.7. The minimum Gasteiger partial charge on any atom is -0.449 e. The Labute approximate surface area is 299 Å². The summed E-state index contributed by atoms with van der Waals surface area (Å²) in [5.41, 5.74) is 0. The molecule has 0 aromatic carbocycles. The molecule has 4 N–H and O–H groups in total. The van der Waals surface area contributed by atoms with Gasteiger partial charge < -0.3 is 40.1 Å². The molecule has 0 aromatic rings. The number of aliphatic imine (C=N–C) groups is 2. The van der Waals surface area contributed by atoms with Crippen LogP contribution in [0.4, 0.5) is 9.59 Å². The molecule has 0 aromatic heterocycles. The van der Waals surface area contributed by atoms with Crippen LogP contribution in [0.25, 0.3) is 0 Å². The van der Waals surface area contributed by atoms with Crippen molar-refractivity contribution in [2.24, 2.45) is 9.98 Å². The van der Waals surface area contributed by atoms with Crippen LogP contribution in [-0.4, -0.2) is 148 Å². The van der Waals surface area contributed by atoms with Crippen molar-refractivity contribution < 1.29 is 48.8 Å². The lowest BCUT2D eigenvalue weighted by Crippen LogP contribution is -2.27. The van der Waals surface area contributed by atoms with E-state index in [1.807, 2.05) is 0 Å². The maximum atomic E-state index is 11.7. The monoisotopic (exact) mass is 792 g/mol. The summed E-state index contributed by atoms with van der Waals surface area (Å²) in [7, 11) is 0. The topological polar surface area (TPSA) is 179 Å². The highest BCUT2D eigenvalue weighted by molar-refractivity contribution is 8.16. The Bertz CT molecular complexity index is 727. The predicted molar refractivity (Wildman–Crippen MR) is 198 cm³/mol. The molecule has 0 rings (SSSR count). The van der Waals surface area contributed by atoms with E-state index >= 15 is 0 Å². The molecule has 0 unspecified atom stereocenters. The van der Waals surface area contributed by atoms with Gasteiger partial charge in [-0.1, -0.05) is 11.8 Å². The van der Waals surface area contributed by atoms with Gasteiger partial charge in [0.1, 0.15) is 25.1 Å². The molecule has 0 fully saturated rings. The SMILES string of the molecule is O=C(NCCSCSCCOO/C=N/CCSCSCCNC(=O)OCSCO)OCCSCSCC/N=C/OOCSCO. The third-order valence-corrected chi connectivity index (χ3v) is 11.7.